The molecule has 1 aliphatic heterocycles. The predicted octanol–water partition coefficient (Wildman–Crippen LogP) is 3.66. The number of esters is 1. The van der Waals surface area contributed by atoms with Crippen molar-refractivity contribution in [2.45, 2.75) is 45.6 Å². The Morgan fingerprint density at radius 2 is 1.79 bits per heavy atom. The van der Waals surface area contributed by atoms with E-state index in [1.54, 1.807) is 11.0 Å². The Morgan fingerprint density at radius 1 is 1.17 bits per heavy atom. The quantitative estimate of drug-likeness (QED) is 0.792. The number of piperidine rings is 1. The van der Waals surface area contributed by atoms with Crippen molar-refractivity contribution in [1.29, 1.82) is 0 Å². The number of amides is 1. The molecule has 0 unspecified atom stereocenters. The fraction of sp³-hybridized carbons (Fsp3) is 0.579. The van der Waals surface area contributed by atoms with Crippen LogP contribution in [0.25, 0.3) is 0 Å². The molecule has 0 aliphatic carbocycles. The van der Waals surface area contributed by atoms with E-state index in [-0.39, 0.29) is 12.1 Å². The maximum Gasteiger partial charge on any atom is 0.410 e. The van der Waals surface area contributed by atoms with E-state index in [1.165, 1.54) is 7.11 Å². The lowest BCUT2D eigenvalue weighted by molar-refractivity contribution is 0.0184. The second-order valence-electron chi connectivity index (χ2n) is 7.26. The molecule has 0 N–H and O–H groups in total. The number of methoxy groups -OCH3 is 1. The van der Waals surface area contributed by atoms with E-state index in [0.717, 1.165) is 24.8 Å². The molecule has 1 heterocycles. The molecule has 1 aromatic rings. The minimum atomic E-state index is -0.465. The van der Waals surface area contributed by atoms with Gasteiger partial charge in [-0.25, -0.2) is 9.59 Å². The molecule has 0 atom stereocenters. The lowest BCUT2D eigenvalue weighted by atomic mass is 9.88. The van der Waals surface area contributed by atoms with Gasteiger partial charge >= 0.3 is 12.1 Å². The van der Waals surface area contributed by atoms with E-state index >= 15 is 0 Å². The smallest absolute Gasteiger partial charge is 0.410 e. The summed E-state index contributed by atoms with van der Waals surface area (Å²) < 4.78 is 10.3. The molecule has 0 aromatic heterocycles. The molecule has 1 amide bonds. The fourth-order valence-corrected chi connectivity index (χ4v) is 2.96. The van der Waals surface area contributed by atoms with E-state index in [4.69, 9.17) is 9.47 Å². The Morgan fingerprint density at radius 3 is 2.38 bits per heavy atom. The first-order chi connectivity index (χ1) is 11.3. The van der Waals surface area contributed by atoms with Crippen LogP contribution in [0.4, 0.5) is 4.79 Å². The number of rotatable bonds is 3. The van der Waals surface area contributed by atoms with Gasteiger partial charge in [0.15, 0.2) is 0 Å². The van der Waals surface area contributed by atoms with Gasteiger partial charge in [-0.15, -0.1) is 0 Å². The first-order valence-electron chi connectivity index (χ1n) is 8.44. The van der Waals surface area contributed by atoms with Crippen molar-refractivity contribution in [1.82, 2.24) is 4.90 Å². The Balaban J connectivity index is 1.92. The molecule has 0 bridgehead atoms. The molecular weight excluding hydrogens is 306 g/mol. The average Bonchev–Trinajstić information content (AvgIpc) is 2.53. The summed E-state index contributed by atoms with van der Waals surface area (Å²) in [5.41, 5.74) is 1.18. The average molecular weight is 333 g/mol. The third-order valence-corrected chi connectivity index (χ3v) is 4.20. The Kier molecular flexibility index (Phi) is 5.86. The minimum Gasteiger partial charge on any atom is -0.465 e. The fourth-order valence-electron chi connectivity index (χ4n) is 2.96. The highest BCUT2D eigenvalue weighted by Crippen LogP contribution is 2.24. The van der Waals surface area contributed by atoms with Crippen LogP contribution in [-0.2, 0) is 15.9 Å². The highest BCUT2D eigenvalue weighted by molar-refractivity contribution is 5.90. The summed E-state index contributed by atoms with van der Waals surface area (Å²) in [4.78, 5) is 25.7. The van der Waals surface area contributed by atoms with Gasteiger partial charge in [0.25, 0.3) is 0 Å². The number of benzene rings is 1. The van der Waals surface area contributed by atoms with Crippen molar-refractivity contribution < 1.29 is 19.1 Å². The number of likely N-dealkylation sites (tertiary alicyclic amines) is 1. The zero-order valence-electron chi connectivity index (χ0n) is 15.0. The molecule has 5 heteroatoms. The van der Waals surface area contributed by atoms with Crippen LogP contribution in [0.1, 0.15) is 49.5 Å². The van der Waals surface area contributed by atoms with E-state index in [2.05, 4.69) is 0 Å². The highest BCUT2D eigenvalue weighted by Gasteiger charge is 2.27. The largest absolute Gasteiger partial charge is 0.465 e. The molecule has 132 valence electrons. The van der Waals surface area contributed by atoms with Gasteiger partial charge in [-0.2, -0.15) is 0 Å². The number of nitrogens with zero attached hydrogens (tertiary/aromatic N) is 1. The Bertz CT molecular complexity index is 583. The maximum absolute atomic E-state index is 12.1. The van der Waals surface area contributed by atoms with Crippen LogP contribution in [0.5, 0.6) is 0 Å². The lowest BCUT2D eigenvalue weighted by Crippen LogP contribution is -2.42. The van der Waals surface area contributed by atoms with Crippen LogP contribution in [0.15, 0.2) is 24.3 Å². The summed E-state index contributed by atoms with van der Waals surface area (Å²) in [6, 6.07) is 7.57. The number of hydrogen-bond acceptors (Lipinski definition) is 4. The summed E-state index contributed by atoms with van der Waals surface area (Å²) >= 11 is 0. The van der Waals surface area contributed by atoms with Crippen molar-refractivity contribution in [3.63, 3.8) is 0 Å². The molecule has 2 rings (SSSR count). The second-order valence-corrected chi connectivity index (χ2v) is 7.26. The lowest BCUT2D eigenvalue weighted by Gasteiger charge is -2.33. The normalized spacial score (nSPS) is 15.9. The topological polar surface area (TPSA) is 55.8 Å². The standard InChI is InChI=1S/C19H27NO4/c1-19(2,3)24-18(22)20-11-9-14(10-12-20)13-15-7-5-6-8-16(15)17(21)23-4/h5-8,14H,9-13H2,1-4H3. The molecule has 0 saturated carbocycles. The molecule has 1 aliphatic rings. The molecule has 0 spiro atoms. The summed E-state index contributed by atoms with van der Waals surface area (Å²) in [6.07, 6.45) is 2.41. The van der Waals surface area contributed by atoms with Crippen LogP contribution < -0.4 is 0 Å². The van der Waals surface area contributed by atoms with E-state index in [0.29, 0.717) is 24.6 Å². The Hall–Kier alpha value is -2.04. The molecule has 1 saturated heterocycles. The zero-order valence-corrected chi connectivity index (χ0v) is 15.0. The molecule has 1 fully saturated rings. The molecule has 0 radical (unpaired) electrons. The van der Waals surface area contributed by atoms with Gasteiger partial charge in [-0.1, -0.05) is 18.2 Å². The van der Waals surface area contributed by atoms with Gasteiger partial charge in [0.05, 0.1) is 12.7 Å². The maximum atomic E-state index is 12.1. The van der Waals surface area contributed by atoms with Gasteiger partial charge in [0.2, 0.25) is 0 Å². The van der Waals surface area contributed by atoms with Crippen LogP contribution in [0.3, 0.4) is 0 Å². The SMILES string of the molecule is COC(=O)c1ccccc1CC1CCN(C(=O)OC(C)(C)C)CC1. The highest BCUT2D eigenvalue weighted by atomic mass is 16.6. The third-order valence-electron chi connectivity index (χ3n) is 4.20. The van der Waals surface area contributed by atoms with Crippen LogP contribution in [0, 0.1) is 5.92 Å². The van der Waals surface area contributed by atoms with E-state index in [1.807, 2.05) is 39.0 Å². The van der Waals surface area contributed by atoms with Crippen LogP contribution >= 0.6 is 0 Å². The third kappa shape index (κ3) is 4.98. The van der Waals surface area contributed by atoms with Crippen LogP contribution in [-0.4, -0.2) is 42.8 Å². The Labute approximate surface area is 143 Å². The van der Waals surface area contributed by atoms with Gasteiger partial charge in [0.1, 0.15) is 5.60 Å². The van der Waals surface area contributed by atoms with Crippen LogP contribution in [0.2, 0.25) is 0 Å². The van der Waals surface area contributed by atoms with Gasteiger partial charge in [-0.3, -0.25) is 0 Å². The number of carbonyl (C=O) groups is 2. The summed E-state index contributed by atoms with van der Waals surface area (Å²) in [5.74, 6) is 0.159. The summed E-state index contributed by atoms with van der Waals surface area (Å²) in [6.45, 7) is 7.02. The van der Waals surface area contributed by atoms with Crippen molar-refractivity contribution in [2.75, 3.05) is 20.2 Å². The van der Waals surface area contributed by atoms with Crippen molar-refractivity contribution >= 4 is 12.1 Å². The first kappa shape index (κ1) is 18.3. The molecule has 5 nitrogen and oxygen atoms in total. The zero-order chi connectivity index (χ0) is 17.7. The number of ether oxygens (including phenoxy) is 2. The molecule has 1 aromatic carbocycles. The van der Waals surface area contributed by atoms with Crippen molar-refractivity contribution in [3.05, 3.63) is 35.4 Å². The van der Waals surface area contributed by atoms with Gasteiger partial charge in [0, 0.05) is 13.1 Å². The minimum absolute atomic E-state index is 0.240. The summed E-state index contributed by atoms with van der Waals surface area (Å²) in [7, 11) is 1.40. The van der Waals surface area contributed by atoms with E-state index < -0.39 is 5.60 Å². The van der Waals surface area contributed by atoms with Crippen molar-refractivity contribution in [3.8, 4) is 0 Å². The number of carbonyl (C=O) groups excluding carboxylic acids is 2. The van der Waals surface area contributed by atoms with Crippen molar-refractivity contribution in [2.24, 2.45) is 5.92 Å². The summed E-state index contributed by atoms with van der Waals surface area (Å²) in [5, 5.41) is 0. The van der Waals surface area contributed by atoms with E-state index in [9.17, 15) is 9.59 Å². The molecule has 24 heavy (non-hydrogen) atoms. The predicted molar refractivity (Wildman–Crippen MR) is 92.0 cm³/mol. The van der Waals surface area contributed by atoms with Gasteiger partial charge in [-0.05, 0) is 57.6 Å². The number of hydrogen-bond donors (Lipinski definition) is 0. The first-order valence-corrected chi connectivity index (χ1v) is 8.44. The van der Waals surface area contributed by atoms with Gasteiger partial charge < -0.3 is 14.4 Å². The molecular formula is C19H27NO4. The monoisotopic (exact) mass is 333 g/mol. The second kappa shape index (κ2) is 7.69.